The van der Waals surface area contributed by atoms with Crippen molar-refractivity contribution in [3.8, 4) is 0 Å². The van der Waals surface area contributed by atoms with Gasteiger partial charge in [0.2, 0.25) is 0 Å². The Bertz CT molecular complexity index is 228. The van der Waals surface area contributed by atoms with Gasteiger partial charge < -0.3 is 10.8 Å². The van der Waals surface area contributed by atoms with E-state index in [9.17, 15) is 5.11 Å². The number of hydrogen-bond donors (Lipinski definition) is 2. The first-order valence-electron chi connectivity index (χ1n) is 3.86. The standard InChI is InChI=1S/C8H14N2OS/c1-8(2,9)5-6(11)7-3-4-10-12-7/h3-4,6,11H,5,9H2,1-2H3. The van der Waals surface area contributed by atoms with E-state index < -0.39 is 6.10 Å². The molecular weight excluding hydrogens is 172 g/mol. The Kier molecular flexibility index (Phi) is 2.82. The zero-order valence-corrected chi connectivity index (χ0v) is 8.14. The first-order valence-corrected chi connectivity index (χ1v) is 4.64. The minimum atomic E-state index is -0.475. The van der Waals surface area contributed by atoms with Gasteiger partial charge in [0.15, 0.2) is 0 Å². The third-order valence-corrected chi connectivity index (χ3v) is 2.35. The van der Waals surface area contributed by atoms with Crippen molar-refractivity contribution in [3.63, 3.8) is 0 Å². The number of nitrogens with zero attached hydrogens (tertiary/aromatic N) is 1. The van der Waals surface area contributed by atoms with Crippen LogP contribution in [0, 0.1) is 0 Å². The second-order valence-electron chi connectivity index (χ2n) is 3.62. The van der Waals surface area contributed by atoms with Gasteiger partial charge in [-0.1, -0.05) is 0 Å². The summed E-state index contributed by atoms with van der Waals surface area (Å²) in [6.07, 6.45) is 1.78. The molecular formula is C8H14N2OS. The highest BCUT2D eigenvalue weighted by molar-refractivity contribution is 7.05. The summed E-state index contributed by atoms with van der Waals surface area (Å²) in [6, 6.07) is 1.82. The lowest BCUT2D eigenvalue weighted by molar-refractivity contribution is 0.145. The van der Waals surface area contributed by atoms with E-state index in [1.54, 1.807) is 6.20 Å². The molecule has 3 nitrogen and oxygen atoms in total. The van der Waals surface area contributed by atoms with Crippen LogP contribution in [0.25, 0.3) is 0 Å². The van der Waals surface area contributed by atoms with E-state index in [-0.39, 0.29) is 5.54 Å². The van der Waals surface area contributed by atoms with E-state index in [2.05, 4.69) is 4.37 Å². The van der Waals surface area contributed by atoms with Gasteiger partial charge in [-0.05, 0) is 37.9 Å². The second kappa shape index (κ2) is 3.51. The molecule has 0 spiro atoms. The average Bonchev–Trinajstić information content (AvgIpc) is 2.32. The highest BCUT2D eigenvalue weighted by Crippen LogP contribution is 2.24. The molecule has 0 aromatic carbocycles. The maximum Gasteiger partial charge on any atom is 0.0915 e. The van der Waals surface area contributed by atoms with Crippen LogP contribution in [0.4, 0.5) is 0 Å². The molecule has 3 N–H and O–H groups in total. The van der Waals surface area contributed by atoms with E-state index in [1.807, 2.05) is 19.9 Å². The summed E-state index contributed by atoms with van der Waals surface area (Å²) < 4.78 is 3.91. The van der Waals surface area contributed by atoms with Gasteiger partial charge in [0, 0.05) is 11.7 Å². The van der Waals surface area contributed by atoms with E-state index in [0.717, 1.165) is 4.88 Å². The summed E-state index contributed by atoms with van der Waals surface area (Å²) in [5, 5.41) is 9.64. The summed E-state index contributed by atoms with van der Waals surface area (Å²) in [6.45, 7) is 3.80. The molecule has 0 saturated heterocycles. The van der Waals surface area contributed by atoms with Crippen LogP contribution in [0.5, 0.6) is 0 Å². The largest absolute Gasteiger partial charge is 0.387 e. The van der Waals surface area contributed by atoms with Gasteiger partial charge in [0.05, 0.1) is 11.0 Å². The van der Waals surface area contributed by atoms with Crippen molar-refractivity contribution in [1.82, 2.24) is 4.37 Å². The zero-order chi connectivity index (χ0) is 9.19. The van der Waals surface area contributed by atoms with Crippen LogP contribution in [0.15, 0.2) is 12.3 Å². The van der Waals surface area contributed by atoms with Crippen LogP contribution in [0.1, 0.15) is 31.2 Å². The molecule has 0 saturated carbocycles. The normalized spacial score (nSPS) is 14.7. The molecule has 68 valence electrons. The van der Waals surface area contributed by atoms with Crippen molar-refractivity contribution < 1.29 is 5.11 Å². The van der Waals surface area contributed by atoms with Gasteiger partial charge >= 0.3 is 0 Å². The number of nitrogens with two attached hydrogens (primary N) is 1. The van der Waals surface area contributed by atoms with Gasteiger partial charge in [-0.2, -0.15) is 0 Å². The molecule has 0 radical (unpaired) electrons. The third-order valence-electron chi connectivity index (χ3n) is 1.51. The molecule has 0 bridgehead atoms. The molecule has 0 aliphatic carbocycles. The monoisotopic (exact) mass is 186 g/mol. The summed E-state index contributed by atoms with van der Waals surface area (Å²) >= 11 is 1.32. The SMILES string of the molecule is CC(C)(N)CC(O)c1ccns1. The van der Waals surface area contributed by atoms with E-state index in [1.165, 1.54) is 11.5 Å². The number of hydrogen-bond acceptors (Lipinski definition) is 4. The minimum absolute atomic E-state index is 0.330. The van der Waals surface area contributed by atoms with Crippen molar-refractivity contribution in [1.29, 1.82) is 0 Å². The molecule has 4 heteroatoms. The van der Waals surface area contributed by atoms with Crippen molar-refractivity contribution in [2.24, 2.45) is 5.73 Å². The maximum atomic E-state index is 9.64. The molecule has 0 fully saturated rings. The topological polar surface area (TPSA) is 59.1 Å². The fourth-order valence-corrected chi connectivity index (χ4v) is 1.57. The third kappa shape index (κ3) is 2.89. The van der Waals surface area contributed by atoms with Crippen LogP contribution >= 0.6 is 11.5 Å². The molecule has 1 unspecified atom stereocenters. The quantitative estimate of drug-likeness (QED) is 0.748. The Morgan fingerprint density at radius 3 is 2.83 bits per heavy atom. The van der Waals surface area contributed by atoms with Crippen molar-refractivity contribution in [2.75, 3.05) is 0 Å². The van der Waals surface area contributed by atoms with Crippen LogP contribution in [-0.4, -0.2) is 15.0 Å². The van der Waals surface area contributed by atoms with E-state index in [0.29, 0.717) is 6.42 Å². The Morgan fingerprint density at radius 1 is 1.75 bits per heavy atom. The Labute approximate surface area is 76.4 Å². The first kappa shape index (κ1) is 9.64. The smallest absolute Gasteiger partial charge is 0.0915 e. The number of aromatic nitrogens is 1. The Hall–Kier alpha value is -0.450. The Morgan fingerprint density at radius 2 is 2.42 bits per heavy atom. The van der Waals surface area contributed by atoms with Gasteiger partial charge in [0.1, 0.15) is 0 Å². The van der Waals surface area contributed by atoms with Crippen molar-refractivity contribution in [3.05, 3.63) is 17.1 Å². The molecule has 0 aliphatic rings. The van der Waals surface area contributed by atoms with Crippen LogP contribution in [0.3, 0.4) is 0 Å². The molecule has 1 aromatic rings. The lowest BCUT2D eigenvalue weighted by atomic mass is 9.98. The average molecular weight is 186 g/mol. The maximum absolute atomic E-state index is 9.64. The fourth-order valence-electron chi connectivity index (χ4n) is 0.996. The molecule has 12 heavy (non-hydrogen) atoms. The molecule has 0 aliphatic heterocycles. The fraction of sp³-hybridized carbons (Fsp3) is 0.625. The number of aliphatic hydroxyl groups excluding tert-OH is 1. The highest BCUT2D eigenvalue weighted by Gasteiger charge is 2.19. The Balaban J connectivity index is 2.56. The highest BCUT2D eigenvalue weighted by atomic mass is 32.1. The second-order valence-corrected chi connectivity index (χ2v) is 4.49. The minimum Gasteiger partial charge on any atom is -0.387 e. The number of aliphatic hydroxyl groups is 1. The molecule has 1 heterocycles. The lowest BCUT2D eigenvalue weighted by Crippen LogP contribution is -2.33. The van der Waals surface area contributed by atoms with E-state index in [4.69, 9.17) is 5.73 Å². The molecule has 1 rings (SSSR count). The predicted molar refractivity (Wildman–Crippen MR) is 50.0 cm³/mol. The lowest BCUT2D eigenvalue weighted by Gasteiger charge is -2.21. The van der Waals surface area contributed by atoms with Gasteiger partial charge in [0.25, 0.3) is 0 Å². The summed E-state index contributed by atoms with van der Waals surface area (Å²) in [7, 11) is 0. The zero-order valence-electron chi connectivity index (χ0n) is 7.32. The number of rotatable bonds is 3. The summed E-state index contributed by atoms with van der Waals surface area (Å²) in [5.74, 6) is 0. The van der Waals surface area contributed by atoms with Crippen LogP contribution in [0.2, 0.25) is 0 Å². The van der Waals surface area contributed by atoms with Crippen LogP contribution in [-0.2, 0) is 0 Å². The van der Waals surface area contributed by atoms with Crippen molar-refractivity contribution >= 4 is 11.5 Å². The van der Waals surface area contributed by atoms with Gasteiger partial charge in [-0.3, -0.25) is 0 Å². The van der Waals surface area contributed by atoms with Crippen LogP contribution < -0.4 is 5.73 Å². The first-order chi connectivity index (χ1) is 5.49. The van der Waals surface area contributed by atoms with Gasteiger partial charge in [-0.15, -0.1) is 0 Å². The summed E-state index contributed by atoms with van der Waals surface area (Å²) in [5.41, 5.74) is 5.44. The van der Waals surface area contributed by atoms with E-state index >= 15 is 0 Å². The molecule has 1 atom stereocenters. The molecule has 0 amide bonds. The van der Waals surface area contributed by atoms with Crippen molar-refractivity contribution in [2.45, 2.75) is 31.9 Å². The predicted octanol–water partition coefficient (Wildman–Crippen LogP) is 1.30. The van der Waals surface area contributed by atoms with Gasteiger partial charge in [-0.25, -0.2) is 4.37 Å². The summed E-state index contributed by atoms with van der Waals surface area (Å²) in [4.78, 5) is 0.883. The molecule has 1 aromatic heterocycles.